The first kappa shape index (κ1) is 8.58. The van der Waals surface area contributed by atoms with Crippen molar-refractivity contribution in [1.82, 2.24) is 0 Å². The molecule has 16 heavy (non-hydrogen) atoms. The second kappa shape index (κ2) is 2.98. The second-order valence-corrected chi connectivity index (χ2v) is 4.92. The highest BCUT2D eigenvalue weighted by Crippen LogP contribution is 2.48. The van der Waals surface area contributed by atoms with E-state index in [-0.39, 0.29) is 0 Å². The highest BCUT2D eigenvalue weighted by molar-refractivity contribution is 5.89. The van der Waals surface area contributed by atoms with Crippen molar-refractivity contribution in [2.24, 2.45) is 0 Å². The fourth-order valence-corrected chi connectivity index (χ4v) is 3.17. The van der Waals surface area contributed by atoms with Crippen molar-refractivity contribution in [3.05, 3.63) is 58.7 Å². The molecular weight excluding hydrogens is 192 g/mol. The molecule has 0 unspecified atom stereocenters. The molecule has 0 bridgehead atoms. The third-order valence-electron chi connectivity index (χ3n) is 4.08. The molecule has 1 aromatic rings. The van der Waals surface area contributed by atoms with Crippen LogP contribution < -0.4 is 0 Å². The molecule has 3 aliphatic rings. The lowest BCUT2D eigenvalue weighted by Crippen LogP contribution is -1.99. The van der Waals surface area contributed by atoms with Crippen LogP contribution in [0.25, 0.3) is 11.1 Å². The van der Waals surface area contributed by atoms with Crippen LogP contribution in [0.1, 0.15) is 36.0 Å². The molecule has 0 atom stereocenters. The Morgan fingerprint density at radius 2 is 2.06 bits per heavy atom. The minimum absolute atomic E-state index is 1.11. The lowest BCUT2D eigenvalue weighted by Gasteiger charge is -2.19. The zero-order valence-corrected chi connectivity index (χ0v) is 9.29. The Morgan fingerprint density at radius 3 is 2.81 bits per heavy atom. The molecule has 0 N–H and O–H groups in total. The summed E-state index contributed by atoms with van der Waals surface area (Å²) in [5, 5.41) is 0. The lowest BCUT2D eigenvalue weighted by molar-refractivity contribution is 0.888. The predicted molar refractivity (Wildman–Crippen MR) is 68.0 cm³/mol. The van der Waals surface area contributed by atoms with Gasteiger partial charge in [-0.25, -0.2) is 0 Å². The SMILES string of the molecule is C1=CCC(c2cccc3c2C2=C(CC2)C3)=C1. The quantitative estimate of drug-likeness (QED) is 0.648. The van der Waals surface area contributed by atoms with Crippen LogP contribution >= 0.6 is 0 Å². The van der Waals surface area contributed by atoms with Crippen LogP contribution in [0.15, 0.2) is 42.0 Å². The van der Waals surface area contributed by atoms with Gasteiger partial charge in [-0.3, -0.25) is 0 Å². The topological polar surface area (TPSA) is 0 Å². The van der Waals surface area contributed by atoms with E-state index >= 15 is 0 Å². The van der Waals surface area contributed by atoms with Gasteiger partial charge >= 0.3 is 0 Å². The number of allylic oxidation sites excluding steroid dienone is 6. The van der Waals surface area contributed by atoms with E-state index in [9.17, 15) is 0 Å². The Morgan fingerprint density at radius 1 is 1.06 bits per heavy atom. The smallest absolute Gasteiger partial charge is 0.00547 e. The molecule has 0 fully saturated rings. The first-order valence-corrected chi connectivity index (χ1v) is 6.13. The summed E-state index contributed by atoms with van der Waals surface area (Å²) in [6.45, 7) is 0. The van der Waals surface area contributed by atoms with E-state index in [1.165, 1.54) is 30.4 Å². The maximum absolute atomic E-state index is 2.31. The molecule has 4 rings (SSSR count). The highest BCUT2D eigenvalue weighted by Gasteiger charge is 2.29. The monoisotopic (exact) mass is 206 g/mol. The molecule has 0 heteroatoms. The molecule has 0 radical (unpaired) electrons. The minimum atomic E-state index is 1.11. The van der Waals surface area contributed by atoms with Crippen LogP contribution in [0.3, 0.4) is 0 Å². The molecular formula is C16H14. The summed E-state index contributed by atoms with van der Waals surface area (Å²) >= 11 is 0. The number of benzene rings is 1. The maximum atomic E-state index is 2.31. The van der Waals surface area contributed by atoms with Crippen molar-refractivity contribution in [2.45, 2.75) is 25.7 Å². The Hall–Kier alpha value is -1.56. The van der Waals surface area contributed by atoms with Gasteiger partial charge in [0.2, 0.25) is 0 Å². The summed E-state index contributed by atoms with van der Waals surface area (Å²) in [6.07, 6.45) is 11.7. The minimum Gasteiger partial charge on any atom is -0.0801 e. The van der Waals surface area contributed by atoms with E-state index in [2.05, 4.69) is 36.4 Å². The zero-order valence-electron chi connectivity index (χ0n) is 9.29. The molecule has 0 saturated carbocycles. The van der Waals surface area contributed by atoms with E-state index in [1.807, 2.05) is 0 Å². The van der Waals surface area contributed by atoms with Crippen molar-refractivity contribution in [2.75, 3.05) is 0 Å². The average Bonchev–Trinajstić information content (AvgIpc) is 2.85. The summed E-state index contributed by atoms with van der Waals surface area (Å²) in [4.78, 5) is 0. The van der Waals surface area contributed by atoms with Crippen molar-refractivity contribution in [3.63, 3.8) is 0 Å². The first-order chi connectivity index (χ1) is 7.93. The second-order valence-electron chi connectivity index (χ2n) is 4.92. The Balaban J connectivity index is 1.92. The van der Waals surface area contributed by atoms with Crippen LogP contribution in [0, 0.1) is 0 Å². The molecule has 3 aliphatic carbocycles. The lowest BCUT2D eigenvalue weighted by atomic mass is 9.85. The number of rotatable bonds is 1. The summed E-state index contributed by atoms with van der Waals surface area (Å²) in [6, 6.07) is 6.82. The Kier molecular flexibility index (Phi) is 1.59. The number of hydrogen-bond donors (Lipinski definition) is 0. The standard InChI is InChI=1S/C16H14/c1-2-5-11(4-1)14-7-3-6-13-10-12-8-9-15(12)16(13)14/h1-4,6-7H,5,8-10H2. The van der Waals surface area contributed by atoms with Crippen LogP contribution in [0.2, 0.25) is 0 Å². The summed E-state index contributed by atoms with van der Waals surface area (Å²) in [7, 11) is 0. The van der Waals surface area contributed by atoms with E-state index in [0.29, 0.717) is 0 Å². The third kappa shape index (κ3) is 0.996. The fourth-order valence-electron chi connectivity index (χ4n) is 3.17. The van der Waals surface area contributed by atoms with E-state index in [1.54, 1.807) is 22.3 Å². The average molecular weight is 206 g/mol. The number of fused-ring (bicyclic) bond motifs is 2. The van der Waals surface area contributed by atoms with Crippen LogP contribution in [-0.2, 0) is 6.42 Å². The van der Waals surface area contributed by atoms with Crippen molar-refractivity contribution in [3.8, 4) is 0 Å². The molecule has 1 aromatic carbocycles. The third-order valence-corrected chi connectivity index (χ3v) is 4.08. The molecule has 0 heterocycles. The molecule has 0 amide bonds. The molecule has 0 spiro atoms. The van der Waals surface area contributed by atoms with Gasteiger partial charge in [-0.05, 0) is 53.5 Å². The summed E-state index contributed by atoms with van der Waals surface area (Å²) in [5.74, 6) is 0. The maximum Gasteiger partial charge on any atom is -0.00547 e. The predicted octanol–water partition coefficient (Wildman–Crippen LogP) is 4.13. The molecule has 0 aliphatic heterocycles. The summed E-state index contributed by atoms with van der Waals surface area (Å²) < 4.78 is 0. The molecule has 0 aromatic heterocycles. The van der Waals surface area contributed by atoms with Crippen LogP contribution in [0.4, 0.5) is 0 Å². The van der Waals surface area contributed by atoms with Gasteiger partial charge in [0.1, 0.15) is 0 Å². The van der Waals surface area contributed by atoms with Crippen molar-refractivity contribution < 1.29 is 0 Å². The van der Waals surface area contributed by atoms with Crippen molar-refractivity contribution in [1.29, 1.82) is 0 Å². The van der Waals surface area contributed by atoms with Gasteiger partial charge in [-0.15, -0.1) is 0 Å². The molecule has 0 saturated heterocycles. The van der Waals surface area contributed by atoms with Crippen molar-refractivity contribution >= 4 is 11.1 Å². The van der Waals surface area contributed by atoms with Crippen LogP contribution in [0.5, 0.6) is 0 Å². The first-order valence-electron chi connectivity index (χ1n) is 6.13. The Bertz CT molecular complexity index is 568. The van der Waals surface area contributed by atoms with Gasteiger partial charge in [-0.2, -0.15) is 0 Å². The van der Waals surface area contributed by atoms with E-state index < -0.39 is 0 Å². The molecule has 78 valence electrons. The van der Waals surface area contributed by atoms with Gasteiger partial charge in [0.15, 0.2) is 0 Å². The fraction of sp³-hybridized carbons (Fsp3) is 0.250. The number of hydrogen-bond acceptors (Lipinski definition) is 0. The highest BCUT2D eigenvalue weighted by atomic mass is 14.3. The van der Waals surface area contributed by atoms with Gasteiger partial charge in [0.25, 0.3) is 0 Å². The van der Waals surface area contributed by atoms with Gasteiger partial charge in [0.05, 0.1) is 0 Å². The van der Waals surface area contributed by atoms with Gasteiger partial charge in [-0.1, -0.05) is 42.0 Å². The zero-order chi connectivity index (χ0) is 10.5. The molecule has 0 nitrogen and oxygen atoms in total. The van der Waals surface area contributed by atoms with E-state index in [4.69, 9.17) is 0 Å². The van der Waals surface area contributed by atoms with Crippen LogP contribution in [-0.4, -0.2) is 0 Å². The Labute approximate surface area is 96.0 Å². The van der Waals surface area contributed by atoms with Gasteiger partial charge < -0.3 is 0 Å². The summed E-state index contributed by atoms with van der Waals surface area (Å²) in [5.41, 5.74) is 9.50. The normalized spacial score (nSPS) is 20.6. The van der Waals surface area contributed by atoms with E-state index in [0.717, 1.165) is 6.42 Å². The largest absolute Gasteiger partial charge is 0.0801 e. The van der Waals surface area contributed by atoms with Gasteiger partial charge in [0, 0.05) is 0 Å².